The molecular formula is C24H25N3O4S. The first-order valence-electron chi connectivity index (χ1n) is 10.2. The molecule has 0 bridgehead atoms. The molecule has 1 aliphatic rings. The lowest BCUT2D eigenvalue weighted by Crippen LogP contribution is -2.29. The van der Waals surface area contributed by atoms with Gasteiger partial charge in [0.25, 0.3) is 10.0 Å². The molecule has 2 N–H and O–H groups in total. The van der Waals surface area contributed by atoms with Crippen molar-refractivity contribution in [1.82, 2.24) is 0 Å². The van der Waals surface area contributed by atoms with Gasteiger partial charge in [0.1, 0.15) is 5.75 Å². The lowest BCUT2D eigenvalue weighted by atomic mass is 10.1. The maximum atomic E-state index is 13.1. The zero-order valence-corrected chi connectivity index (χ0v) is 19.0. The first-order chi connectivity index (χ1) is 15.3. The minimum Gasteiger partial charge on any atom is -0.495 e. The third-order valence-electron chi connectivity index (χ3n) is 5.40. The molecule has 0 spiro atoms. The van der Waals surface area contributed by atoms with Crippen molar-refractivity contribution in [3.8, 4) is 5.75 Å². The molecule has 0 fully saturated rings. The Bertz CT molecular complexity index is 1270. The molecule has 2 amide bonds. The molecule has 1 heterocycles. The molecule has 0 aliphatic carbocycles. The first-order valence-corrected chi connectivity index (χ1v) is 11.7. The number of ether oxygens (including phenoxy) is 1. The van der Waals surface area contributed by atoms with Crippen LogP contribution in [-0.2, 0) is 16.4 Å². The molecule has 0 aromatic heterocycles. The van der Waals surface area contributed by atoms with Gasteiger partial charge in [0.15, 0.2) is 0 Å². The van der Waals surface area contributed by atoms with E-state index >= 15 is 0 Å². The number of fused-ring (bicyclic) bond motifs is 1. The molecule has 1 aliphatic heterocycles. The zero-order valence-electron chi connectivity index (χ0n) is 18.2. The van der Waals surface area contributed by atoms with Gasteiger partial charge >= 0.3 is 6.03 Å². The quantitative estimate of drug-likeness (QED) is 0.588. The summed E-state index contributed by atoms with van der Waals surface area (Å²) in [6.45, 7) is 4.21. The van der Waals surface area contributed by atoms with Gasteiger partial charge in [-0.1, -0.05) is 23.8 Å². The molecule has 166 valence electrons. The summed E-state index contributed by atoms with van der Waals surface area (Å²) in [4.78, 5) is 12.8. The second kappa shape index (κ2) is 8.55. The average molecular weight is 452 g/mol. The standard InChI is InChI=1S/C24H25N3O4S/c1-16-4-8-20(9-5-16)32(29,30)27-13-12-18-15-19(7-10-22(18)27)25-24(28)26-21-14-17(2)6-11-23(21)31-3/h4-11,14-15H,12-13H2,1-3H3,(H2,25,26,28). The van der Waals surface area contributed by atoms with E-state index in [0.717, 1.165) is 16.7 Å². The number of amides is 2. The monoisotopic (exact) mass is 451 g/mol. The molecule has 4 rings (SSSR count). The maximum absolute atomic E-state index is 13.1. The summed E-state index contributed by atoms with van der Waals surface area (Å²) in [7, 11) is -2.09. The Morgan fingerprint density at radius 3 is 2.38 bits per heavy atom. The first kappa shape index (κ1) is 21.7. The van der Waals surface area contributed by atoms with E-state index in [4.69, 9.17) is 4.74 Å². The lowest BCUT2D eigenvalue weighted by Gasteiger charge is -2.20. The van der Waals surface area contributed by atoms with Gasteiger partial charge in [-0.15, -0.1) is 0 Å². The minimum atomic E-state index is -3.64. The van der Waals surface area contributed by atoms with Crippen molar-refractivity contribution in [1.29, 1.82) is 0 Å². The van der Waals surface area contributed by atoms with Crippen LogP contribution < -0.4 is 19.7 Å². The Hall–Kier alpha value is -3.52. The van der Waals surface area contributed by atoms with Gasteiger partial charge < -0.3 is 15.4 Å². The second-order valence-corrected chi connectivity index (χ2v) is 9.63. The molecule has 0 atom stereocenters. The number of methoxy groups -OCH3 is 1. The van der Waals surface area contributed by atoms with Crippen molar-refractivity contribution in [3.63, 3.8) is 0 Å². The fourth-order valence-electron chi connectivity index (χ4n) is 3.74. The van der Waals surface area contributed by atoms with Crippen LogP contribution >= 0.6 is 0 Å². The normalized spacial score (nSPS) is 12.9. The predicted molar refractivity (Wildman–Crippen MR) is 126 cm³/mol. The van der Waals surface area contributed by atoms with Crippen LogP contribution in [0.4, 0.5) is 21.9 Å². The van der Waals surface area contributed by atoms with Crippen LogP contribution in [0.5, 0.6) is 5.75 Å². The van der Waals surface area contributed by atoms with Gasteiger partial charge in [-0.25, -0.2) is 13.2 Å². The maximum Gasteiger partial charge on any atom is 0.323 e. The average Bonchev–Trinajstić information content (AvgIpc) is 3.18. The molecule has 7 nitrogen and oxygen atoms in total. The molecule has 3 aromatic rings. The third-order valence-corrected chi connectivity index (χ3v) is 7.23. The molecule has 3 aromatic carbocycles. The summed E-state index contributed by atoms with van der Waals surface area (Å²) in [6.07, 6.45) is 0.573. The van der Waals surface area contributed by atoms with E-state index in [2.05, 4.69) is 10.6 Å². The highest BCUT2D eigenvalue weighted by atomic mass is 32.2. The van der Waals surface area contributed by atoms with Crippen LogP contribution in [0.2, 0.25) is 0 Å². The Labute approximate surface area is 188 Å². The zero-order chi connectivity index (χ0) is 22.9. The summed E-state index contributed by atoms with van der Waals surface area (Å²) in [5.41, 5.74) is 4.66. The Balaban J connectivity index is 1.51. The smallest absolute Gasteiger partial charge is 0.323 e. The summed E-state index contributed by atoms with van der Waals surface area (Å²) < 4.78 is 32.9. The van der Waals surface area contributed by atoms with E-state index in [1.165, 1.54) is 4.31 Å². The van der Waals surface area contributed by atoms with Crippen molar-refractivity contribution in [2.24, 2.45) is 0 Å². The lowest BCUT2D eigenvalue weighted by molar-refractivity contribution is 0.262. The third kappa shape index (κ3) is 4.27. The Kier molecular flexibility index (Phi) is 5.80. The van der Waals surface area contributed by atoms with Crippen molar-refractivity contribution >= 4 is 33.1 Å². The van der Waals surface area contributed by atoms with E-state index in [0.29, 0.717) is 35.8 Å². The number of hydrogen-bond acceptors (Lipinski definition) is 4. The number of hydrogen-bond donors (Lipinski definition) is 2. The van der Waals surface area contributed by atoms with Gasteiger partial charge in [-0.2, -0.15) is 0 Å². The van der Waals surface area contributed by atoms with Crippen LogP contribution in [0.15, 0.2) is 65.6 Å². The van der Waals surface area contributed by atoms with Gasteiger partial charge in [-0.05, 0) is 73.9 Å². The highest BCUT2D eigenvalue weighted by molar-refractivity contribution is 7.92. The SMILES string of the molecule is COc1ccc(C)cc1NC(=O)Nc1ccc2c(c1)CCN2S(=O)(=O)c1ccc(C)cc1. The minimum absolute atomic E-state index is 0.268. The topological polar surface area (TPSA) is 87.7 Å². The molecule has 0 radical (unpaired) electrons. The van der Waals surface area contributed by atoms with Crippen LogP contribution in [0.1, 0.15) is 16.7 Å². The van der Waals surface area contributed by atoms with Gasteiger partial charge in [0.05, 0.1) is 23.4 Å². The molecular weight excluding hydrogens is 426 g/mol. The predicted octanol–water partition coefficient (Wildman–Crippen LogP) is 4.71. The Morgan fingerprint density at radius 2 is 1.66 bits per heavy atom. The van der Waals surface area contributed by atoms with Crippen LogP contribution in [-0.4, -0.2) is 28.1 Å². The fourth-order valence-corrected chi connectivity index (χ4v) is 5.24. The van der Waals surface area contributed by atoms with Crippen molar-refractivity contribution < 1.29 is 17.9 Å². The number of aryl methyl sites for hydroxylation is 2. The van der Waals surface area contributed by atoms with Crippen molar-refractivity contribution in [3.05, 3.63) is 77.4 Å². The fraction of sp³-hybridized carbons (Fsp3) is 0.208. The summed E-state index contributed by atoms with van der Waals surface area (Å²) in [5.74, 6) is 0.566. The highest BCUT2D eigenvalue weighted by Crippen LogP contribution is 2.35. The number of benzene rings is 3. The molecule has 8 heteroatoms. The van der Waals surface area contributed by atoms with E-state index in [9.17, 15) is 13.2 Å². The van der Waals surface area contributed by atoms with Crippen LogP contribution in [0.3, 0.4) is 0 Å². The molecule has 0 unspecified atom stereocenters. The Morgan fingerprint density at radius 1 is 0.938 bits per heavy atom. The van der Waals surface area contributed by atoms with E-state index in [-0.39, 0.29) is 4.90 Å². The summed E-state index contributed by atoms with van der Waals surface area (Å²) >= 11 is 0. The number of anilines is 3. The van der Waals surface area contributed by atoms with E-state index in [1.54, 1.807) is 49.6 Å². The number of rotatable bonds is 5. The second-order valence-electron chi connectivity index (χ2n) is 7.77. The summed E-state index contributed by atoms with van der Waals surface area (Å²) in [6, 6.07) is 17.2. The van der Waals surface area contributed by atoms with Gasteiger partial charge in [0.2, 0.25) is 0 Å². The van der Waals surface area contributed by atoms with Crippen LogP contribution in [0, 0.1) is 13.8 Å². The van der Waals surface area contributed by atoms with Gasteiger partial charge in [0, 0.05) is 12.2 Å². The van der Waals surface area contributed by atoms with Crippen molar-refractivity contribution in [2.75, 3.05) is 28.6 Å². The largest absolute Gasteiger partial charge is 0.495 e. The number of sulfonamides is 1. The highest BCUT2D eigenvalue weighted by Gasteiger charge is 2.31. The molecule has 32 heavy (non-hydrogen) atoms. The number of carbonyl (C=O) groups excluding carboxylic acids is 1. The number of nitrogens with one attached hydrogen (secondary N) is 2. The summed E-state index contributed by atoms with van der Waals surface area (Å²) in [5, 5.41) is 5.61. The number of carbonyl (C=O) groups is 1. The number of urea groups is 1. The van der Waals surface area contributed by atoms with Gasteiger partial charge in [-0.3, -0.25) is 4.31 Å². The molecule has 0 saturated carbocycles. The van der Waals surface area contributed by atoms with E-state index < -0.39 is 16.1 Å². The van der Waals surface area contributed by atoms with Crippen molar-refractivity contribution in [2.45, 2.75) is 25.2 Å². The van der Waals surface area contributed by atoms with Crippen LogP contribution in [0.25, 0.3) is 0 Å². The molecule has 0 saturated heterocycles. The number of nitrogens with zero attached hydrogens (tertiary/aromatic N) is 1. The van der Waals surface area contributed by atoms with E-state index in [1.807, 2.05) is 32.0 Å².